The summed E-state index contributed by atoms with van der Waals surface area (Å²) in [4.78, 5) is 39.6. The van der Waals surface area contributed by atoms with Gasteiger partial charge in [-0.1, -0.05) is 12.1 Å². The maximum absolute atomic E-state index is 12.9. The molecule has 1 atom stereocenters. The van der Waals surface area contributed by atoms with E-state index in [0.717, 1.165) is 0 Å². The van der Waals surface area contributed by atoms with E-state index in [1.807, 2.05) is 0 Å². The predicted octanol–water partition coefficient (Wildman–Crippen LogP) is 1.89. The molecule has 1 aromatic carbocycles. The smallest absolute Gasteiger partial charge is 0.319 e. The van der Waals surface area contributed by atoms with Gasteiger partial charge >= 0.3 is 12.0 Å². The summed E-state index contributed by atoms with van der Waals surface area (Å²) in [7, 11) is 4.94. The Morgan fingerprint density at radius 1 is 1.29 bits per heavy atom. The lowest BCUT2D eigenvalue weighted by Gasteiger charge is -2.36. The second kappa shape index (κ2) is 8.95. The van der Waals surface area contributed by atoms with Crippen LogP contribution in [0, 0.1) is 5.92 Å². The van der Waals surface area contributed by atoms with Crippen molar-refractivity contribution in [3.63, 3.8) is 0 Å². The second-order valence-electron chi connectivity index (χ2n) is 7.56. The Hall–Kier alpha value is -2.77. The van der Waals surface area contributed by atoms with E-state index in [1.54, 1.807) is 50.2 Å². The number of hydrogen-bond acceptors (Lipinski definition) is 4. The van der Waals surface area contributed by atoms with Gasteiger partial charge in [0, 0.05) is 33.1 Å². The largest absolute Gasteiger partial charge is 0.497 e. The number of likely N-dealkylation sites (tertiary alicyclic amines) is 1. The molecule has 1 aromatic rings. The molecule has 0 spiro atoms. The first-order valence-electron chi connectivity index (χ1n) is 9.31. The molecular weight excluding hydrogens is 362 g/mol. The third-order valence-electron chi connectivity index (χ3n) is 5.13. The molecule has 2 rings (SSSR count). The maximum Gasteiger partial charge on any atom is 0.319 e. The fourth-order valence-electron chi connectivity index (χ4n) is 3.48. The lowest BCUT2D eigenvalue weighted by Crippen LogP contribution is -2.50. The van der Waals surface area contributed by atoms with Crippen LogP contribution in [0.5, 0.6) is 5.75 Å². The molecule has 154 valence electrons. The van der Waals surface area contributed by atoms with Gasteiger partial charge in [-0.15, -0.1) is 0 Å². The highest BCUT2D eigenvalue weighted by Crippen LogP contribution is 2.29. The Morgan fingerprint density at radius 2 is 1.93 bits per heavy atom. The molecule has 2 N–H and O–H groups in total. The second-order valence-corrected chi connectivity index (χ2v) is 7.56. The van der Waals surface area contributed by atoms with Crippen molar-refractivity contribution in [2.45, 2.75) is 31.7 Å². The van der Waals surface area contributed by atoms with E-state index in [4.69, 9.17) is 4.74 Å². The van der Waals surface area contributed by atoms with Gasteiger partial charge in [0.1, 0.15) is 5.75 Å². The number of carboxylic acids is 1. The highest BCUT2D eigenvalue weighted by Gasteiger charge is 2.35. The molecule has 0 aromatic heterocycles. The number of ether oxygens (including phenoxy) is 1. The molecule has 28 heavy (non-hydrogen) atoms. The summed E-state index contributed by atoms with van der Waals surface area (Å²) in [5.74, 6) is -0.857. The molecule has 1 unspecified atom stereocenters. The molecule has 1 aliphatic rings. The minimum atomic E-state index is -1.06. The molecule has 0 aliphatic carbocycles. The SMILES string of the molecule is COc1cccc(C(C)(CC(=O)O)NC(=O)C2CCN(C(=O)N(C)C)CC2)c1. The van der Waals surface area contributed by atoms with E-state index in [9.17, 15) is 19.5 Å². The van der Waals surface area contributed by atoms with Gasteiger partial charge in [-0.05, 0) is 37.5 Å². The van der Waals surface area contributed by atoms with Crippen LogP contribution in [0.15, 0.2) is 24.3 Å². The van der Waals surface area contributed by atoms with Crippen molar-refractivity contribution in [3.8, 4) is 5.75 Å². The van der Waals surface area contributed by atoms with Gasteiger partial charge in [0.05, 0.1) is 19.1 Å². The Bertz CT molecular complexity index is 728. The van der Waals surface area contributed by atoms with Crippen molar-refractivity contribution in [3.05, 3.63) is 29.8 Å². The van der Waals surface area contributed by atoms with E-state index in [1.165, 1.54) is 12.0 Å². The van der Waals surface area contributed by atoms with Crippen molar-refractivity contribution in [2.24, 2.45) is 5.92 Å². The minimum absolute atomic E-state index is 0.0639. The molecule has 3 amide bonds. The van der Waals surface area contributed by atoms with Crippen LogP contribution in [0.3, 0.4) is 0 Å². The number of piperidine rings is 1. The normalized spacial score (nSPS) is 16.8. The quantitative estimate of drug-likeness (QED) is 0.772. The predicted molar refractivity (Wildman–Crippen MR) is 104 cm³/mol. The summed E-state index contributed by atoms with van der Waals surface area (Å²) in [5, 5.41) is 12.3. The van der Waals surface area contributed by atoms with Gasteiger partial charge < -0.3 is 25.0 Å². The number of carbonyl (C=O) groups excluding carboxylic acids is 2. The van der Waals surface area contributed by atoms with Crippen LogP contribution in [-0.4, -0.2) is 67.1 Å². The first-order chi connectivity index (χ1) is 13.2. The molecule has 1 fully saturated rings. The van der Waals surface area contributed by atoms with E-state index in [-0.39, 0.29) is 24.3 Å². The number of carboxylic acid groups (broad SMARTS) is 1. The van der Waals surface area contributed by atoms with Crippen LogP contribution < -0.4 is 10.1 Å². The Morgan fingerprint density at radius 3 is 2.46 bits per heavy atom. The van der Waals surface area contributed by atoms with Crippen LogP contribution >= 0.6 is 0 Å². The lowest BCUT2D eigenvalue weighted by molar-refractivity contribution is -0.139. The fraction of sp³-hybridized carbons (Fsp3) is 0.550. The Kier molecular flexibility index (Phi) is 6.88. The summed E-state index contributed by atoms with van der Waals surface area (Å²) in [6.07, 6.45) is 0.850. The van der Waals surface area contributed by atoms with Gasteiger partial charge in [-0.25, -0.2) is 4.79 Å². The minimum Gasteiger partial charge on any atom is -0.497 e. The average molecular weight is 391 g/mol. The molecule has 1 saturated heterocycles. The molecule has 8 heteroatoms. The monoisotopic (exact) mass is 391 g/mol. The Balaban J connectivity index is 2.11. The van der Waals surface area contributed by atoms with Gasteiger partial charge in [-0.3, -0.25) is 9.59 Å². The van der Waals surface area contributed by atoms with Crippen LogP contribution in [-0.2, 0) is 15.1 Å². The van der Waals surface area contributed by atoms with Gasteiger partial charge in [-0.2, -0.15) is 0 Å². The van der Waals surface area contributed by atoms with Crippen LogP contribution in [0.1, 0.15) is 31.7 Å². The number of hydrogen-bond donors (Lipinski definition) is 2. The number of methoxy groups -OCH3 is 1. The molecule has 0 radical (unpaired) electrons. The standard InChI is InChI=1S/C20H29N3O5/c1-20(13-17(24)25,15-6-5-7-16(12-15)28-4)21-18(26)14-8-10-23(11-9-14)19(27)22(2)3/h5-7,12,14H,8-11,13H2,1-4H3,(H,21,26)(H,24,25). The third-order valence-corrected chi connectivity index (χ3v) is 5.13. The zero-order valence-corrected chi connectivity index (χ0v) is 16.9. The number of nitrogens with zero attached hydrogens (tertiary/aromatic N) is 2. The van der Waals surface area contributed by atoms with Crippen LogP contribution in [0.2, 0.25) is 0 Å². The zero-order valence-electron chi connectivity index (χ0n) is 16.9. The number of rotatable bonds is 6. The number of urea groups is 1. The summed E-state index contributed by atoms with van der Waals surface area (Å²) in [5.41, 5.74) is -0.392. The summed E-state index contributed by atoms with van der Waals surface area (Å²) in [6, 6.07) is 6.99. The summed E-state index contributed by atoms with van der Waals surface area (Å²) >= 11 is 0. The van der Waals surface area contributed by atoms with Gasteiger partial charge in [0.25, 0.3) is 0 Å². The third kappa shape index (κ3) is 5.15. The topological polar surface area (TPSA) is 99.2 Å². The summed E-state index contributed by atoms with van der Waals surface area (Å²) < 4.78 is 5.23. The summed E-state index contributed by atoms with van der Waals surface area (Å²) in [6.45, 7) is 2.71. The van der Waals surface area contributed by atoms with E-state index < -0.39 is 11.5 Å². The number of aliphatic carboxylic acids is 1. The molecule has 1 heterocycles. The van der Waals surface area contributed by atoms with Crippen molar-refractivity contribution >= 4 is 17.9 Å². The van der Waals surface area contributed by atoms with Crippen molar-refractivity contribution in [1.82, 2.24) is 15.1 Å². The highest BCUT2D eigenvalue weighted by atomic mass is 16.5. The molecule has 1 aliphatic heterocycles. The fourth-order valence-corrected chi connectivity index (χ4v) is 3.48. The van der Waals surface area contributed by atoms with Crippen LogP contribution in [0.4, 0.5) is 4.79 Å². The first-order valence-corrected chi connectivity index (χ1v) is 9.31. The molecule has 8 nitrogen and oxygen atoms in total. The number of benzene rings is 1. The lowest BCUT2D eigenvalue weighted by atomic mass is 9.86. The van der Waals surface area contributed by atoms with Crippen molar-refractivity contribution in [1.29, 1.82) is 0 Å². The van der Waals surface area contributed by atoms with E-state index >= 15 is 0 Å². The number of carbonyl (C=O) groups is 3. The van der Waals surface area contributed by atoms with E-state index in [2.05, 4.69) is 5.32 Å². The van der Waals surface area contributed by atoms with E-state index in [0.29, 0.717) is 37.2 Å². The highest BCUT2D eigenvalue weighted by molar-refractivity contribution is 5.81. The van der Waals surface area contributed by atoms with Gasteiger partial charge in [0.15, 0.2) is 0 Å². The van der Waals surface area contributed by atoms with Crippen molar-refractivity contribution in [2.75, 3.05) is 34.3 Å². The average Bonchev–Trinajstić information content (AvgIpc) is 2.66. The molecular formula is C20H29N3O5. The first kappa shape index (κ1) is 21.5. The number of amides is 3. The Labute approximate surface area is 165 Å². The van der Waals surface area contributed by atoms with Crippen LogP contribution in [0.25, 0.3) is 0 Å². The molecule has 0 saturated carbocycles. The van der Waals surface area contributed by atoms with Gasteiger partial charge in [0.2, 0.25) is 5.91 Å². The zero-order chi connectivity index (χ0) is 20.9. The molecule has 0 bridgehead atoms. The maximum atomic E-state index is 12.9. The van der Waals surface area contributed by atoms with Crippen molar-refractivity contribution < 1.29 is 24.2 Å². The number of nitrogens with one attached hydrogen (secondary N) is 1.